The molecule has 1 aromatic carbocycles. The van der Waals surface area contributed by atoms with E-state index in [0.717, 1.165) is 23.0 Å². The van der Waals surface area contributed by atoms with E-state index in [1.165, 1.54) is 0 Å². The van der Waals surface area contributed by atoms with E-state index in [2.05, 4.69) is 18.8 Å². The van der Waals surface area contributed by atoms with Crippen LogP contribution < -0.4 is 0 Å². The zero-order chi connectivity index (χ0) is 12.3. The Bertz CT molecular complexity index is 518. The van der Waals surface area contributed by atoms with Crippen molar-refractivity contribution >= 4 is 6.29 Å². The van der Waals surface area contributed by atoms with Crippen molar-refractivity contribution in [3.63, 3.8) is 0 Å². The average Bonchev–Trinajstić information content (AvgIpc) is 2.38. The van der Waals surface area contributed by atoms with E-state index in [1.807, 2.05) is 36.5 Å². The van der Waals surface area contributed by atoms with Gasteiger partial charge in [-0.25, -0.2) is 0 Å². The van der Waals surface area contributed by atoms with Gasteiger partial charge in [0.05, 0.1) is 0 Å². The van der Waals surface area contributed by atoms with Crippen LogP contribution in [-0.2, 0) is 0 Å². The van der Waals surface area contributed by atoms with Crippen LogP contribution in [0, 0.1) is 0 Å². The van der Waals surface area contributed by atoms with Gasteiger partial charge in [0.15, 0.2) is 6.29 Å². The maximum atomic E-state index is 11.1. The van der Waals surface area contributed by atoms with Gasteiger partial charge in [-0.2, -0.15) is 0 Å². The number of carbonyl (C=O) groups is 1. The van der Waals surface area contributed by atoms with E-state index >= 15 is 0 Å². The molecule has 1 heterocycles. The molecule has 0 amide bonds. The van der Waals surface area contributed by atoms with Crippen molar-refractivity contribution in [2.75, 3.05) is 0 Å². The van der Waals surface area contributed by atoms with Crippen LogP contribution in [0.1, 0.15) is 35.7 Å². The van der Waals surface area contributed by atoms with E-state index in [-0.39, 0.29) is 0 Å². The smallest absolute Gasteiger partial charge is 0.152 e. The largest absolute Gasteiger partial charge is 0.298 e. The van der Waals surface area contributed by atoms with E-state index in [1.54, 1.807) is 6.20 Å². The first kappa shape index (κ1) is 11.5. The van der Waals surface area contributed by atoms with Crippen molar-refractivity contribution < 1.29 is 4.79 Å². The number of pyridine rings is 1. The number of aromatic nitrogens is 1. The maximum absolute atomic E-state index is 11.1. The van der Waals surface area contributed by atoms with Crippen LogP contribution in [0.5, 0.6) is 0 Å². The van der Waals surface area contributed by atoms with Gasteiger partial charge in [-0.3, -0.25) is 9.78 Å². The summed E-state index contributed by atoms with van der Waals surface area (Å²) in [5.41, 5.74) is 3.84. The molecule has 0 atom stereocenters. The van der Waals surface area contributed by atoms with Crippen molar-refractivity contribution in [1.29, 1.82) is 0 Å². The molecule has 0 saturated carbocycles. The Morgan fingerprint density at radius 1 is 1.12 bits per heavy atom. The highest BCUT2D eigenvalue weighted by Gasteiger charge is 2.13. The molecule has 2 nitrogen and oxygen atoms in total. The highest BCUT2D eigenvalue weighted by Crippen LogP contribution is 2.30. The molecule has 2 aromatic rings. The molecule has 0 aliphatic rings. The quantitative estimate of drug-likeness (QED) is 0.746. The fourth-order valence-corrected chi connectivity index (χ4v) is 1.96. The summed E-state index contributed by atoms with van der Waals surface area (Å²) in [4.78, 5) is 15.3. The predicted molar refractivity (Wildman–Crippen MR) is 69.1 cm³/mol. The van der Waals surface area contributed by atoms with Crippen molar-refractivity contribution in [2.45, 2.75) is 19.8 Å². The van der Waals surface area contributed by atoms with Crippen molar-refractivity contribution in [3.8, 4) is 11.1 Å². The Balaban J connectivity index is 2.69. The van der Waals surface area contributed by atoms with Gasteiger partial charge >= 0.3 is 0 Å². The summed E-state index contributed by atoms with van der Waals surface area (Å²) in [6.07, 6.45) is 4.35. The van der Waals surface area contributed by atoms with Crippen LogP contribution in [0.3, 0.4) is 0 Å². The van der Waals surface area contributed by atoms with Gasteiger partial charge in [-0.15, -0.1) is 0 Å². The second kappa shape index (κ2) is 4.91. The molecule has 0 aliphatic carbocycles. The number of carbonyl (C=O) groups excluding carboxylic acids is 1. The normalized spacial score (nSPS) is 10.5. The lowest BCUT2D eigenvalue weighted by Gasteiger charge is -2.14. The maximum Gasteiger partial charge on any atom is 0.152 e. The number of benzene rings is 1. The molecule has 17 heavy (non-hydrogen) atoms. The van der Waals surface area contributed by atoms with E-state index in [4.69, 9.17) is 0 Å². The molecule has 0 N–H and O–H groups in total. The van der Waals surface area contributed by atoms with Gasteiger partial charge in [0.1, 0.15) is 0 Å². The van der Waals surface area contributed by atoms with Gasteiger partial charge in [-0.1, -0.05) is 44.2 Å². The Labute approximate surface area is 101 Å². The lowest BCUT2D eigenvalue weighted by atomic mass is 9.91. The zero-order valence-corrected chi connectivity index (χ0v) is 10.1. The zero-order valence-electron chi connectivity index (χ0n) is 10.1. The molecule has 0 saturated heterocycles. The molecule has 2 rings (SSSR count). The summed E-state index contributed by atoms with van der Waals surface area (Å²) in [6.45, 7) is 4.22. The molecule has 0 aliphatic heterocycles. The minimum Gasteiger partial charge on any atom is -0.298 e. The Morgan fingerprint density at radius 2 is 1.82 bits per heavy atom. The lowest BCUT2D eigenvalue weighted by molar-refractivity contribution is 0.112. The highest BCUT2D eigenvalue weighted by atomic mass is 16.1. The first-order chi connectivity index (χ1) is 8.24. The molecular weight excluding hydrogens is 210 g/mol. The Hall–Kier alpha value is -1.96. The third kappa shape index (κ3) is 2.26. The molecular formula is C15H15NO. The summed E-state index contributed by atoms with van der Waals surface area (Å²) >= 11 is 0. The number of hydrogen-bond donors (Lipinski definition) is 0. The van der Waals surface area contributed by atoms with E-state index in [9.17, 15) is 4.79 Å². The van der Waals surface area contributed by atoms with Gasteiger partial charge in [0, 0.05) is 18.0 Å². The second-order valence-electron chi connectivity index (χ2n) is 4.33. The average molecular weight is 225 g/mol. The third-order valence-electron chi connectivity index (χ3n) is 2.82. The van der Waals surface area contributed by atoms with Gasteiger partial charge in [0.25, 0.3) is 0 Å². The molecule has 0 fully saturated rings. The SMILES string of the molecule is CC(C)c1cncc(C=O)c1-c1ccccc1. The topological polar surface area (TPSA) is 30.0 Å². The van der Waals surface area contributed by atoms with Gasteiger partial charge in [0.2, 0.25) is 0 Å². The number of hydrogen-bond acceptors (Lipinski definition) is 2. The van der Waals surface area contributed by atoms with Crippen molar-refractivity contribution in [2.24, 2.45) is 0 Å². The lowest BCUT2D eigenvalue weighted by Crippen LogP contribution is -1.98. The van der Waals surface area contributed by atoms with Gasteiger partial charge in [-0.05, 0) is 22.6 Å². The first-order valence-electron chi connectivity index (χ1n) is 5.72. The molecule has 0 radical (unpaired) electrons. The first-order valence-corrected chi connectivity index (χ1v) is 5.72. The van der Waals surface area contributed by atoms with Crippen LogP contribution in [0.4, 0.5) is 0 Å². The summed E-state index contributed by atoms with van der Waals surface area (Å²) in [7, 11) is 0. The van der Waals surface area contributed by atoms with Crippen LogP contribution in [0.2, 0.25) is 0 Å². The fourth-order valence-electron chi connectivity index (χ4n) is 1.96. The fraction of sp³-hybridized carbons (Fsp3) is 0.200. The van der Waals surface area contributed by atoms with E-state index in [0.29, 0.717) is 11.5 Å². The number of aldehydes is 1. The standard InChI is InChI=1S/C15H15NO/c1-11(2)14-9-16-8-13(10-17)15(14)12-6-4-3-5-7-12/h3-11H,1-2H3. The monoisotopic (exact) mass is 225 g/mol. The number of nitrogens with zero attached hydrogens (tertiary/aromatic N) is 1. The van der Waals surface area contributed by atoms with Crippen molar-refractivity contribution in [1.82, 2.24) is 4.98 Å². The summed E-state index contributed by atoms with van der Waals surface area (Å²) in [5.74, 6) is 0.345. The molecule has 0 unspecified atom stereocenters. The summed E-state index contributed by atoms with van der Waals surface area (Å²) in [5, 5.41) is 0. The Kier molecular flexibility index (Phi) is 3.33. The third-order valence-corrected chi connectivity index (χ3v) is 2.82. The summed E-state index contributed by atoms with van der Waals surface area (Å²) in [6, 6.07) is 9.98. The van der Waals surface area contributed by atoms with Gasteiger partial charge < -0.3 is 0 Å². The Morgan fingerprint density at radius 3 is 2.41 bits per heavy atom. The van der Waals surface area contributed by atoms with Crippen molar-refractivity contribution in [3.05, 3.63) is 53.9 Å². The highest BCUT2D eigenvalue weighted by molar-refractivity contribution is 5.88. The molecule has 2 heteroatoms. The van der Waals surface area contributed by atoms with E-state index < -0.39 is 0 Å². The molecule has 0 spiro atoms. The molecule has 0 bridgehead atoms. The molecule has 1 aromatic heterocycles. The minimum absolute atomic E-state index is 0.345. The second-order valence-corrected chi connectivity index (χ2v) is 4.33. The minimum atomic E-state index is 0.345. The predicted octanol–water partition coefficient (Wildman–Crippen LogP) is 3.68. The van der Waals surface area contributed by atoms with Crippen LogP contribution in [0.15, 0.2) is 42.7 Å². The van der Waals surface area contributed by atoms with Crippen LogP contribution >= 0.6 is 0 Å². The molecule has 86 valence electrons. The van der Waals surface area contributed by atoms with Crippen LogP contribution in [-0.4, -0.2) is 11.3 Å². The number of rotatable bonds is 3. The summed E-state index contributed by atoms with van der Waals surface area (Å²) < 4.78 is 0. The van der Waals surface area contributed by atoms with Crippen LogP contribution in [0.25, 0.3) is 11.1 Å².